The molecule has 2 aliphatic heterocycles. The summed E-state index contributed by atoms with van der Waals surface area (Å²) in [6, 6.07) is 43.0. The van der Waals surface area contributed by atoms with Crippen LogP contribution in [0.15, 0.2) is 133 Å². The molecule has 8 heteroatoms. The van der Waals surface area contributed by atoms with Crippen molar-refractivity contribution in [3.8, 4) is 22.6 Å². The summed E-state index contributed by atoms with van der Waals surface area (Å²) in [6.45, 7) is 0.417. The lowest BCUT2D eigenvalue weighted by molar-refractivity contribution is 0.0425. The fourth-order valence-electron chi connectivity index (χ4n) is 7.40. The van der Waals surface area contributed by atoms with Crippen LogP contribution in [0, 0.1) is 0 Å². The van der Waals surface area contributed by atoms with Gasteiger partial charge in [0.25, 0.3) is 0 Å². The second-order valence-electron chi connectivity index (χ2n) is 12.6. The Balaban J connectivity index is 1.03. The standard InChI is InChI=1S/C43H26O8/c44-39-33-19-9-25(21-35(33)41(46)50-39)23-48-29-15-11-27(12-16-29)43(37-7-3-1-5-31(37)32-6-2-4-8-38(32)43)28-13-17-30(18-14-28)49-24-26-10-20-34-36(22-26)42(47)51-40(34)45/h1-22H,23-24H2. The van der Waals surface area contributed by atoms with E-state index in [-0.39, 0.29) is 35.5 Å². The number of carbonyl (C=O) groups excluding carboxylic acids is 4. The fraction of sp³-hybridized carbons (Fsp3) is 0.0698. The van der Waals surface area contributed by atoms with Crippen LogP contribution in [0.2, 0.25) is 0 Å². The van der Waals surface area contributed by atoms with Gasteiger partial charge in [0.15, 0.2) is 0 Å². The third kappa shape index (κ3) is 4.83. The summed E-state index contributed by atoms with van der Waals surface area (Å²) in [5, 5.41) is 0. The van der Waals surface area contributed by atoms with Gasteiger partial charge in [0, 0.05) is 0 Å². The van der Waals surface area contributed by atoms with Crippen LogP contribution in [0.1, 0.15) is 74.8 Å². The zero-order chi connectivity index (χ0) is 34.7. The third-order valence-electron chi connectivity index (χ3n) is 9.76. The predicted molar refractivity (Wildman–Crippen MR) is 185 cm³/mol. The molecule has 0 atom stereocenters. The van der Waals surface area contributed by atoms with E-state index >= 15 is 0 Å². The predicted octanol–water partition coefficient (Wildman–Crippen LogP) is 7.83. The summed E-state index contributed by atoms with van der Waals surface area (Å²) in [4.78, 5) is 47.7. The van der Waals surface area contributed by atoms with Crippen LogP contribution >= 0.6 is 0 Å². The van der Waals surface area contributed by atoms with E-state index in [1.54, 1.807) is 36.4 Å². The van der Waals surface area contributed by atoms with E-state index in [1.807, 2.05) is 24.3 Å². The van der Waals surface area contributed by atoms with Gasteiger partial charge in [-0.3, -0.25) is 0 Å². The molecular weight excluding hydrogens is 644 g/mol. The lowest BCUT2D eigenvalue weighted by atomic mass is 9.68. The van der Waals surface area contributed by atoms with E-state index in [2.05, 4.69) is 72.8 Å². The molecule has 6 aromatic carbocycles. The van der Waals surface area contributed by atoms with Crippen molar-refractivity contribution in [3.05, 3.63) is 189 Å². The van der Waals surface area contributed by atoms with E-state index in [1.165, 1.54) is 0 Å². The largest absolute Gasteiger partial charge is 0.489 e. The molecule has 0 bridgehead atoms. The first-order valence-electron chi connectivity index (χ1n) is 16.3. The second kappa shape index (κ2) is 11.7. The number of fused-ring (bicyclic) bond motifs is 5. The van der Waals surface area contributed by atoms with Crippen molar-refractivity contribution in [2.24, 2.45) is 0 Å². The zero-order valence-electron chi connectivity index (χ0n) is 26.9. The zero-order valence-corrected chi connectivity index (χ0v) is 26.9. The van der Waals surface area contributed by atoms with Gasteiger partial charge in [-0.1, -0.05) is 84.9 Å². The molecule has 1 aliphatic carbocycles. The van der Waals surface area contributed by atoms with Gasteiger partial charge >= 0.3 is 23.9 Å². The first-order valence-corrected chi connectivity index (χ1v) is 16.3. The number of rotatable bonds is 8. The average Bonchev–Trinajstić information content (AvgIpc) is 3.75. The topological polar surface area (TPSA) is 105 Å². The number of hydrogen-bond acceptors (Lipinski definition) is 8. The van der Waals surface area contributed by atoms with Crippen molar-refractivity contribution in [1.29, 1.82) is 0 Å². The van der Waals surface area contributed by atoms with E-state index in [4.69, 9.17) is 18.9 Å². The first-order chi connectivity index (χ1) is 24.9. The number of esters is 4. The highest BCUT2D eigenvalue weighted by Gasteiger charge is 2.46. The summed E-state index contributed by atoms with van der Waals surface area (Å²) in [5.74, 6) is -1.24. The molecule has 6 aromatic rings. The van der Waals surface area contributed by atoms with Crippen molar-refractivity contribution >= 4 is 23.9 Å². The third-order valence-corrected chi connectivity index (χ3v) is 9.76. The molecule has 0 saturated heterocycles. The second-order valence-corrected chi connectivity index (χ2v) is 12.6. The summed E-state index contributed by atoms with van der Waals surface area (Å²) in [5.41, 5.74) is 8.64. The minimum Gasteiger partial charge on any atom is -0.489 e. The molecule has 0 amide bonds. The summed E-state index contributed by atoms with van der Waals surface area (Å²) >= 11 is 0. The molecule has 3 aliphatic rings. The highest BCUT2D eigenvalue weighted by molar-refractivity contribution is 6.15. The van der Waals surface area contributed by atoms with Gasteiger partial charge in [-0.15, -0.1) is 0 Å². The van der Waals surface area contributed by atoms with E-state index < -0.39 is 29.3 Å². The molecule has 0 fully saturated rings. The molecule has 51 heavy (non-hydrogen) atoms. The molecule has 0 aromatic heterocycles. The molecule has 2 heterocycles. The van der Waals surface area contributed by atoms with Crippen LogP contribution in [0.3, 0.4) is 0 Å². The minimum absolute atomic E-state index is 0.208. The summed E-state index contributed by atoms with van der Waals surface area (Å²) in [7, 11) is 0. The quantitative estimate of drug-likeness (QED) is 0.119. The Morgan fingerprint density at radius 3 is 1.24 bits per heavy atom. The smallest absolute Gasteiger partial charge is 0.346 e. The van der Waals surface area contributed by atoms with Crippen LogP contribution < -0.4 is 9.47 Å². The van der Waals surface area contributed by atoms with Crippen molar-refractivity contribution in [2.45, 2.75) is 18.6 Å². The molecule has 0 N–H and O–H groups in total. The van der Waals surface area contributed by atoms with Crippen molar-refractivity contribution in [1.82, 2.24) is 0 Å². The van der Waals surface area contributed by atoms with Crippen LogP contribution in [0.5, 0.6) is 11.5 Å². The Morgan fingerprint density at radius 1 is 0.412 bits per heavy atom. The van der Waals surface area contributed by atoms with Crippen molar-refractivity contribution < 1.29 is 38.1 Å². The first kappa shape index (κ1) is 30.3. The van der Waals surface area contributed by atoms with Crippen molar-refractivity contribution in [3.63, 3.8) is 0 Å². The van der Waals surface area contributed by atoms with Gasteiger partial charge in [-0.25, -0.2) is 19.2 Å². The Labute approximate surface area is 291 Å². The minimum atomic E-state index is -0.644. The van der Waals surface area contributed by atoms with Gasteiger partial charge in [0.05, 0.1) is 27.7 Å². The number of benzene rings is 6. The van der Waals surface area contributed by atoms with Crippen LogP contribution in [0.4, 0.5) is 0 Å². The molecule has 0 unspecified atom stereocenters. The van der Waals surface area contributed by atoms with E-state index in [9.17, 15) is 19.2 Å². The fourth-order valence-corrected chi connectivity index (χ4v) is 7.40. The number of ether oxygens (including phenoxy) is 4. The van der Waals surface area contributed by atoms with E-state index in [0.29, 0.717) is 11.5 Å². The molecule has 0 radical (unpaired) electrons. The normalized spacial score (nSPS) is 14.7. The maximum atomic E-state index is 12.0. The summed E-state index contributed by atoms with van der Waals surface area (Å²) in [6.07, 6.45) is 0. The lowest BCUT2D eigenvalue weighted by Crippen LogP contribution is -2.28. The highest BCUT2D eigenvalue weighted by Crippen LogP contribution is 2.56. The van der Waals surface area contributed by atoms with Crippen LogP contribution in [0.25, 0.3) is 11.1 Å². The molecule has 0 spiro atoms. The highest BCUT2D eigenvalue weighted by atomic mass is 16.6. The Hall–Kier alpha value is -6.80. The molecular formula is C43H26O8. The molecule has 9 rings (SSSR count). The number of hydrogen-bond donors (Lipinski definition) is 0. The van der Waals surface area contributed by atoms with Gasteiger partial charge in [0.1, 0.15) is 24.7 Å². The lowest BCUT2D eigenvalue weighted by Gasteiger charge is -2.34. The van der Waals surface area contributed by atoms with Crippen LogP contribution in [-0.4, -0.2) is 23.9 Å². The SMILES string of the molecule is O=C1OC(=O)c2cc(COc3ccc(C4(c5ccc(OCc6ccc7c(c6)C(=O)OC7=O)cc5)c5ccccc5-c5ccccc54)cc3)ccc21. The monoisotopic (exact) mass is 670 g/mol. The van der Waals surface area contributed by atoms with Gasteiger partial charge in [-0.05, 0) is 93.0 Å². The van der Waals surface area contributed by atoms with Gasteiger partial charge in [-0.2, -0.15) is 0 Å². The number of cyclic esters (lactones) is 4. The van der Waals surface area contributed by atoms with Crippen LogP contribution in [-0.2, 0) is 28.1 Å². The Morgan fingerprint density at radius 2 is 0.804 bits per heavy atom. The van der Waals surface area contributed by atoms with Gasteiger partial charge < -0.3 is 18.9 Å². The molecule has 0 saturated carbocycles. The van der Waals surface area contributed by atoms with E-state index in [0.717, 1.165) is 44.5 Å². The summed E-state index contributed by atoms with van der Waals surface area (Å²) < 4.78 is 21.7. The number of carbonyl (C=O) groups is 4. The maximum Gasteiger partial charge on any atom is 0.346 e. The Bertz CT molecular complexity index is 2270. The molecule has 8 nitrogen and oxygen atoms in total. The van der Waals surface area contributed by atoms with Gasteiger partial charge in [0.2, 0.25) is 0 Å². The maximum absolute atomic E-state index is 12.0. The Kier molecular flexibility index (Phi) is 6.93. The molecule has 246 valence electrons. The van der Waals surface area contributed by atoms with Crippen molar-refractivity contribution in [2.75, 3.05) is 0 Å². The average molecular weight is 671 g/mol.